The zero-order valence-corrected chi connectivity index (χ0v) is 11.8. The maximum absolute atomic E-state index is 12.1. The molecule has 3 rings (SSSR count). The summed E-state index contributed by atoms with van der Waals surface area (Å²) in [6.07, 6.45) is 0. The summed E-state index contributed by atoms with van der Waals surface area (Å²) in [5, 5.41) is 12.3. The van der Waals surface area contributed by atoms with E-state index in [1.807, 2.05) is 48.5 Å². The van der Waals surface area contributed by atoms with Crippen LogP contribution in [0, 0.1) is 5.41 Å². The van der Waals surface area contributed by atoms with Crippen molar-refractivity contribution in [2.24, 2.45) is 5.73 Å². The van der Waals surface area contributed by atoms with E-state index in [9.17, 15) is 4.79 Å². The number of amides is 1. The zero-order chi connectivity index (χ0) is 15.5. The number of carbonyl (C=O) groups is 1. The van der Waals surface area contributed by atoms with Crippen molar-refractivity contribution >= 4 is 28.2 Å². The SMILES string of the molecule is N=C(N)c1ccc2cc(NC(=O)c3ccccc3)ccc2c1. The van der Waals surface area contributed by atoms with Gasteiger partial charge in [0.25, 0.3) is 5.91 Å². The summed E-state index contributed by atoms with van der Waals surface area (Å²) >= 11 is 0. The summed E-state index contributed by atoms with van der Waals surface area (Å²) in [5.41, 5.74) is 7.53. The number of nitrogens with two attached hydrogens (primary N) is 1. The third-order valence-electron chi connectivity index (χ3n) is 3.45. The van der Waals surface area contributed by atoms with Crippen LogP contribution in [0.2, 0.25) is 0 Å². The number of fused-ring (bicyclic) bond motifs is 1. The zero-order valence-electron chi connectivity index (χ0n) is 11.8. The molecule has 0 saturated heterocycles. The van der Waals surface area contributed by atoms with Gasteiger partial charge in [0.05, 0.1) is 0 Å². The lowest BCUT2D eigenvalue weighted by Crippen LogP contribution is -2.11. The van der Waals surface area contributed by atoms with E-state index in [0.717, 1.165) is 16.5 Å². The second kappa shape index (κ2) is 5.69. The second-order valence-electron chi connectivity index (χ2n) is 5.01. The van der Waals surface area contributed by atoms with Crippen LogP contribution in [0.3, 0.4) is 0 Å². The summed E-state index contributed by atoms with van der Waals surface area (Å²) in [7, 11) is 0. The van der Waals surface area contributed by atoms with Gasteiger partial charge < -0.3 is 11.1 Å². The van der Waals surface area contributed by atoms with Gasteiger partial charge in [-0.3, -0.25) is 10.2 Å². The molecular weight excluding hydrogens is 274 g/mol. The summed E-state index contributed by atoms with van der Waals surface area (Å²) in [5.74, 6) is -0.0938. The maximum atomic E-state index is 12.1. The van der Waals surface area contributed by atoms with Crippen LogP contribution in [0.4, 0.5) is 5.69 Å². The summed E-state index contributed by atoms with van der Waals surface area (Å²) in [6.45, 7) is 0. The number of nitrogen functional groups attached to an aromatic ring is 1. The predicted octanol–water partition coefficient (Wildman–Crippen LogP) is 3.38. The van der Waals surface area contributed by atoms with Crippen molar-refractivity contribution in [3.63, 3.8) is 0 Å². The number of amidine groups is 1. The van der Waals surface area contributed by atoms with E-state index in [1.54, 1.807) is 18.2 Å². The first kappa shape index (κ1) is 13.8. The summed E-state index contributed by atoms with van der Waals surface area (Å²) < 4.78 is 0. The van der Waals surface area contributed by atoms with Crippen LogP contribution >= 0.6 is 0 Å². The average Bonchev–Trinajstić information content (AvgIpc) is 2.55. The first-order chi connectivity index (χ1) is 10.6. The molecule has 4 nitrogen and oxygen atoms in total. The normalized spacial score (nSPS) is 10.4. The first-order valence-corrected chi connectivity index (χ1v) is 6.88. The van der Waals surface area contributed by atoms with Crippen molar-refractivity contribution in [3.8, 4) is 0 Å². The average molecular weight is 289 g/mol. The lowest BCUT2D eigenvalue weighted by atomic mass is 10.1. The Balaban J connectivity index is 1.88. The standard InChI is InChI=1S/C18H15N3O/c19-17(20)15-7-6-14-11-16(9-8-13(14)10-15)21-18(22)12-4-2-1-3-5-12/h1-11H,(H3,19,20)(H,21,22). The van der Waals surface area contributed by atoms with Gasteiger partial charge in [0.15, 0.2) is 0 Å². The van der Waals surface area contributed by atoms with Crippen LogP contribution in [-0.4, -0.2) is 11.7 Å². The molecule has 3 aromatic rings. The molecule has 0 aliphatic heterocycles. The van der Waals surface area contributed by atoms with E-state index < -0.39 is 0 Å². The molecule has 108 valence electrons. The van der Waals surface area contributed by atoms with Crippen LogP contribution in [0.1, 0.15) is 15.9 Å². The Bertz CT molecular complexity index is 857. The van der Waals surface area contributed by atoms with Crippen molar-refractivity contribution in [2.45, 2.75) is 0 Å². The summed E-state index contributed by atoms with van der Waals surface area (Å²) in [4.78, 5) is 12.1. The second-order valence-corrected chi connectivity index (χ2v) is 5.01. The van der Waals surface area contributed by atoms with Gasteiger partial charge >= 0.3 is 0 Å². The van der Waals surface area contributed by atoms with Gasteiger partial charge in [-0.25, -0.2) is 0 Å². The molecule has 0 aliphatic rings. The van der Waals surface area contributed by atoms with Crippen molar-refractivity contribution < 1.29 is 4.79 Å². The molecule has 22 heavy (non-hydrogen) atoms. The third kappa shape index (κ3) is 2.81. The molecule has 0 saturated carbocycles. The highest BCUT2D eigenvalue weighted by molar-refractivity contribution is 6.05. The molecule has 0 aromatic heterocycles. The minimum atomic E-state index is -0.139. The number of anilines is 1. The molecule has 0 bridgehead atoms. The number of carbonyl (C=O) groups excluding carboxylic acids is 1. The van der Waals surface area contributed by atoms with Crippen molar-refractivity contribution in [1.29, 1.82) is 5.41 Å². The van der Waals surface area contributed by atoms with Crippen LogP contribution in [0.5, 0.6) is 0 Å². The van der Waals surface area contributed by atoms with Crippen LogP contribution < -0.4 is 11.1 Å². The molecule has 0 unspecified atom stereocenters. The highest BCUT2D eigenvalue weighted by Crippen LogP contribution is 2.21. The minimum Gasteiger partial charge on any atom is -0.384 e. The van der Waals surface area contributed by atoms with E-state index in [4.69, 9.17) is 11.1 Å². The predicted molar refractivity (Wildman–Crippen MR) is 89.4 cm³/mol. The van der Waals surface area contributed by atoms with Gasteiger partial charge in [0.2, 0.25) is 0 Å². The van der Waals surface area contributed by atoms with Crippen LogP contribution in [0.15, 0.2) is 66.7 Å². The van der Waals surface area contributed by atoms with Gasteiger partial charge in [-0.2, -0.15) is 0 Å². The van der Waals surface area contributed by atoms with Crippen molar-refractivity contribution in [2.75, 3.05) is 5.32 Å². The van der Waals surface area contributed by atoms with E-state index in [1.165, 1.54) is 0 Å². The highest BCUT2D eigenvalue weighted by Gasteiger charge is 2.06. The van der Waals surface area contributed by atoms with E-state index in [0.29, 0.717) is 11.1 Å². The lowest BCUT2D eigenvalue weighted by Gasteiger charge is -2.07. The largest absolute Gasteiger partial charge is 0.384 e. The first-order valence-electron chi connectivity index (χ1n) is 6.88. The number of rotatable bonds is 3. The molecule has 0 spiro atoms. The minimum absolute atomic E-state index is 0.0448. The Kier molecular flexibility index (Phi) is 3.58. The Labute approximate surface area is 128 Å². The number of nitrogens with one attached hydrogen (secondary N) is 2. The number of hydrogen-bond donors (Lipinski definition) is 3. The van der Waals surface area contributed by atoms with Gasteiger partial charge in [-0.1, -0.05) is 36.4 Å². The van der Waals surface area contributed by atoms with Gasteiger partial charge in [0, 0.05) is 16.8 Å². The Hall–Kier alpha value is -3.14. The molecule has 4 heteroatoms. The molecule has 0 radical (unpaired) electrons. The van der Waals surface area contributed by atoms with E-state index in [2.05, 4.69) is 5.32 Å². The van der Waals surface area contributed by atoms with Crippen molar-refractivity contribution in [3.05, 3.63) is 77.9 Å². The molecule has 1 amide bonds. The molecule has 3 aromatic carbocycles. The van der Waals surface area contributed by atoms with E-state index >= 15 is 0 Å². The Morgan fingerprint density at radius 3 is 2.27 bits per heavy atom. The quantitative estimate of drug-likeness (QED) is 0.510. The van der Waals surface area contributed by atoms with Crippen LogP contribution in [0.25, 0.3) is 10.8 Å². The molecule has 0 fully saturated rings. The highest BCUT2D eigenvalue weighted by atomic mass is 16.1. The summed E-state index contributed by atoms with van der Waals surface area (Å²) in [6, 6.07) is 20.3. The number of benzene rings is 3. The molecule has 0 aliphatic carbocycles. The topological polar surface area (TPSA) is 79.0 Å². The fraction of sp³-hybridized carbons (Fsp3) is 0. The Morgan fingerprint density at radius 1 is 0.864 bits per heavy atom. The van der Waals surface area contributed by atoms with Crippen LogP contribution in [-0.2, 0) is 0 Å². The molecule has 0 heterocycles. The smallest absolute Gasteiger partial charge is 0.255 e. The van der Waals surface area contributed by atoms with Gasteiger partial charge in [-0.05, 0) is 41.1 Å². The maximum Gasteiger partial charge on any atom is 0.255 e. The third-order valence-corrected chi connectivity index (χ3v) is 3.45. The molecular formula is C18H15N3O. The fourth-order valence-corrected chi connectivity index (χ4v) is 2.28. The van der Waals surface area contributed by atoms with E-state index in [-0.39, 0.29) is 11.7 Å². The van der Waals surface area contributed by atoms with Crippen molar-refractivity contribution in [1.82, 2.24) is 0 Å². The van der Waals surface area contributed by atoms with Gasteiger partial charge in [0.1, 0.15) is 5.84 Å². The molecule has 0 atom stereocenters. The monoisotopic (exact) mass is 289 g/mol. The van der Waals surface area contributed by atoms with Gasteiger partial charge in [-0.15, -0.1) is 0 Å². The molecule has 4 N–H and O–H groups in total. The fourth-order valence-electron chi connectivity index (χ4n) is 2.28. The Morgan fingerprint density at radius 2 is 1.55 bits per heavy atom. The number of hydrogen-bond acceptors (Lipinski definition) is 2. The lowest BCUT2D eigenvalue weighted by molar-refractivity contribution is 0.102.